The number of nitrogens with one attached hydrogen (secondary N) is 1. The lowest BCUT2D eigenvalue weighted by Gasteiger charge is -2.00. The number of ketones is 1. The summed E-state index contributed by atoms with van der Waals surface area (Å²) in [6, 6.07) is 8.19. The Morgan fingerprint density at radius 1 is 1.22 bits per heavy atom. The molecule has 23 heavy (non-hydrogen) atoms. The summed E-state index contributed by atoms with van der Waals surface area (Å²) in [5, 5.41) is 0. The Bertz CT molecular complexity index is 601. The highest BCUT2D eigenvalue weighted by Gasteiger charge is 1.99. The van der Waals surface area contributed by atoms with Crippen LogP contribution in [-0.2, 0) is 16.0 Å². The van der Waals surface area contributed by atoms with Crippen molar-refractivity contribution in [2.45, 2.75) is 32.1 Å². The lowest BCUT2D eigenvalue weighted by molar-refractivity contribution is -0.114. The standard InChI is InChI=1S/C19H24N2O2/c1-23-14-4-2-3-5-18(22)11-10-16-6-8-17(9-7-16)15-19-20-12-13-21-19/h6-13H,2-5,14-15H2,1H3,(H,20,21)/b11-10+. The molecule has 0 atom stereocenters. The van der Waals surface area contributed by atoms with Crippen LogP contribution in [-0.4, -0.2) is 29.5 Å². The number of ether oxygens (including phenoxy) is 1. The van der Waals surface area contributed by atoms with E-state index in [1.807, 2.05) is 24.4 Å². The summed E-state index contributed by atoms with van der Waals surface area (Å²) < 4.78 is 4.99. The topological polar surface area (TPSA) is 55.0 Å². The van der Waals surface area contributed by atoms with Gasteiger partial charge in [-0.3, -0.25) is 4.79 Å². The summed E-state index contributed by atoms with van der Waals surface area (Å²) in [6.45, 7) is 0.772. The molecule has 0 saturated carbocycles. The van der Waals surface area contributed by atoms with E-state index in [-0.39, 0.29) is 5.78 Å². The molecule has 2 aromatic rings. The van der Waals surface area contributed by atoms with Crippen LogP contribution in [0.5, 0.6) is 0 Å². The van der Waals surface area contributed by atoms with Crippen LogP contribution in [0.1, 0.15) is 42.6 Å². The maximum atomic E-state index is 11.8. The van der Waals surface area contributed by atoms with Crippen molar-refractivity contribution in [2.75, 3.05) is 13.7 Å². The second kappa shape index (κ2) is 9.74. The van der Waals surface area contributed by atoms with E-state index in [0.29, 0.717) is 6.42 Å². The molecule has 0 aliphatic rings. The lowest BCUT2D eigenvalue weighted by Crippen LogP contribution is -1.94. The van der Waals surface area contributed by atoms with Crippen LogP contribution >= 0.6 is 0 Å². The van der Waals surface area contributed by atoms with Gasteiger partial charge in [0.25, 0.3) is 0 Å². The van der Waals surface area contributed by atoms with Crippen molar-refractivity contribution in [1.29, 1.82) is 0 Å². The summed E-state index contributed by atoms with van der Waals surface area (Å²) in [6.07, 6.45) is 11.5. The third kappa shape index (κ3) is 6.61. The zero-order valence-electron chi connectivity index (χ0n) is 13.6. The van der Waals surface area contributed by atoms with Crippen molar-refractivity contribution in [3.63, 3.8) is 0 Å². The normalized spacial score (nSPS) is 11.2. The van der Waals surface area contributed by atoms with Crippen LogP contribution in [0.25, 0.3) is 6.08 Å². The van der Waals surface area contributed by atoms with E-state index in [4.69, 9.17) is 4.74 Å². The molecule has 1 aromatic carbocycles. The van der Waals surface area contributed by atoms with Crippen LogP contribution in [0.3, 0.4) is 0 Å². The molecule has 122 valence electrons. The number of methoxy groups -OCH3 is 1. The summed E-state index contributed by atoms with van der Waals surface area (Å²) in [5.41, 5.74) is 2.24. The van der Waals surface area contributed by atoms with Gasteiger partial charge in [-0.25, -0.2) is 4.98 Å². The van der Waals surface area contributed by atoms with Gasteiger partial charge < -0.3 is 9.72 Å². The summed E-state index contributed by atoms with van der Waals surface area (Å²) in [7, 11) is 1.70. The number of allylic oxidation sites excluding steroid dienone is 1. The summed E-state index contributed by atoms with van der Waals surface area (Å²) in [4.78, 5) is 19.1. The molecule has 0 fully saturated rings. The number of benzene rings is 1. The van der Waals surface area contributed by atoms with Crippen molar-refractivity contribution in [3.05, 3.63) is 59.7 Å². The van der Waals surface area contributed by atoms with E-state index in [2.05, 4.69) is 22.1 Å². The van der Waals surface area contributed by atoms with Gasteiger partial charge in [-0.05, 0) is 30.0 Å². The Kier molecular flexibility index (Phi) is 7.27. The van der Waals surface area contributed by atoms with E-state index in [1.165, 1.54) is 5.56 Å². The minimum Gasteiger partial charge on any atom is -0.385 e. The Morgan fingerprint density at radius 3 is 2.74 bits per heavy atom. The number of aromatic nitrogens is 2. The van der Waals surface area contributed by atoms with E-state index in [0.717, 1.165) is 43.7 Å². The van der Waals surface area contributed by atoms with Gasteiger partial charge in [0.15, 0.2) is 5.78 Å². The Balaban J connectivity index is 1.75. The van der Waals surface area contributed by atoms with Crippen LogP contribution in [0.15, 0.2) is 42.7 Å². The lowest BCUT2D eigenvalue weighted by atomic mass is 10.1. The number of imidazole rings is 1. The average molecular weight is 312 g/mol. The largest absolute Gasteiger partial charge is 0.385 e. The number of carbonyl (C=O) groups is 1. The van der Waals surface area contributed by atoms with Gasteiger partial charge >= 0.3 is 0 Å². The van der Waals surface area contributed by atoms with Crippen molar-refractivity contribution >= 4 is 11.9 Å². The zero-order valence-corrected chi connectivity index (χ0v) is 13.6. The number of rotatable bonds is 10. The number of aromatic amines is 1. The van der Waals surface area contributed by atoms with Gasteiger partial charge in [0.05, 0.1) is 0 Å². The molecule has 0 unspecified atom stereocenters. The Hall–Kier alpha value is -2.20. The van der Waals surface area contributed by atoms with Crippen molar-refractivity contribution in [1.82, 2.24) is 9.97 Å². The number of unbranched alkanes of at least 4 members (excludes halogenated alkanes) is 2. The molecule has 0 bridgehead atoms. The van der Waals surface area contributed by atoms with Crippen LogP contribution in [0.4, 0.5) is 0 Å². The highest BCUT2D eigenvalue weighted by atomic mass is 16.5. The third-order valence-electron chi connectivity index (χ3n) is 3.64. The Labute approximate surface area is 137 Å². The molecular weight excluding hydrogens is 288 g/mol. The number of nitrogens with zero attached hydrogens (tertiary/aromatic N) is 1. The first-order chi connectivity index (χ1) is 11.3. The molecule has 0 aliphatic heterocycles. The minimum atomic E-state index is 0.182. The molecule has 0 spiro atoms. The third-order valence-corrected chi connectivity index (χ3v) is 3.64. The predicted octanol–water partition coefficient (Wildman–Crippen LogP) is 3.79. The van der Waals surface area contributed by atoms with Gasteiger partial charge in [0.1, 0.15) is 5.82 Å². The molecule has 1 N–H and O–H groups in total. The molecule has 2 rings (SSSR count). The number of hydrogen-bond acceptors (Lipinski definition) is 3. The monoisotopic (exact) mass is 312 g/mol. The Morgan fingerprint density at radius 2 is 2.04 bits per heavy atom. The second-order valence-electron chi connectivity index (χ2n) is 5.56. The van der Waals surface area contributed by atoms with E-state index in [1.54, 1.807) is 19.4 Å². The van der Waals surface area contributed by atoms with Crippen molar-refractivity contribution in [3.8, 4) is 0 Å². The zero-order chi connectivity index (χ0) is 16.3. The number of hydrogen-bond donors (Lipinski definition) is 1. The van der Waals surface area contributed by atoms with Gasteiger partial charge in [-0.15, -0.1) is 0 Å². The maximum absolute atomic E-state index is 11.8. The molecule has 0 radical (unpaired) electrons. The molecular formula is C19H24N2O2. The van der Waals surface area contributed by atoms with Gasteiger partial charge in [-0.2, -0.15) is 0 Å². The van der Waals surface area contributed by atoms with Crippen LogP contribution < -0.4 is 0 Å². The molecule has 1 aromatic heterocycles. The number of carbonyl (C=O) groups excluding carboxylic acids is 1. The first-order valence-corrected chi connectivity index (χ1v) is 8.05. The molecule has 0 amide bonds. The quantitative estimate of drug-likeness (QED) is 0.536. The fraction of sp³-hybridized carbons (Fsp3) is 0.368. The fourth-order valence-electron chi connectivity index (χ4n) is 2.33. The average Bonchev–Trinajstić information content (AvgIpc) is 3.07. The molecule has 1 heterocycles. The van der Waals surface area contributed by atoms with Crippen molar-refractivity contribution < 1.29 is 9.53 Å². The molecule has 0 aliphatic carbocycles. The van der Waals surface area contributed by atoms with E-state index >= 15 is 0 Å². The molecule has 4 nitrogen and oxygen atoms in total. The minimum absolute atomic E-state index is 0.182. The smallest absolute Gasteiger partial charge is 0.155 e. The highest BCUT2D eigenvalue weighted by molar-refractivity contribution is 5.93. The fourth-order valence-corrected chi connectivity index (χ4v) is 2.33. The van der Waals surface area contributed by atoms with Gasteiger partial charge in [0.2, 0.25) is 0 Å². The highest BCUT2D eigenvalue weighted by Crippen LogP contribution is 2.10. The van der Waals surface area contributed by atoms with Crippen molar-refractivity contribution in [2.24, 2.45) is 0 Å². The maximum Gasteiger partial charge on any atom is 0.155 e. The SMILES string of the molecule is COCCCCCC(=O)/C=C/c1ccc(Cc2ncc[nH]2)cc1. The van der Waals surface area contributed by atoms with E-state index < -0.39 is 0 Å². The van der Waals surface area contributed by atoms with Gasteiger partial charge in [0, 0.05) is 39.0 Å². The second-order valence-corrected chi connectivity index (χ2v) is 5.56. The number of H-pyrrole nitrogens is 1. The summed E-state index contributed by atoms with van der Waals surface area (Å²) in [5.74, 6) is 1.14. The molecule has 4 heteroatoms. The predicted molar refractivity (Wildman–Crippen MR) is 92.2 cm³/mol. The molecule has 0 saturated heterocycles. The van der Waals surface area contributed by atoms with Crippen LogP contribution in [0, 0.1) is 0 Å². The summed E-state index contributed by atoms with van der Waals surface area (Å²) >= 11 is 0. The van der Waals surface area contributed by atoms with Gasteiger partial charge in [-0.1, -0.05) is 36.8 Å². The van der Waals surface area contributed by atoms with E-state index in [9.17, 15) is 4.79 Å². The van der Waals surface area contributed by atoms with Crippen LogP contribution in [0.2, 0.25) is 0 Å². The first kappa shape index (κ1) is 17.2. The first-order valence-electron chi connectivity index (χ1n) is 8.05.